The third-order valence-corrected chi connectivity index (χ3v) is 1.38. The molecule has 5 nitrogen and oxygen atoms in total. The fourth-order valence-corrected chi connectivity index (χ4v) is 0.775. The molecule has 0 aliphatic carbocycles. The molecule has 1 amide bonds. The van der Waals surface area contributed by atoms with Crippen LogP contribution in [-0.2, 0) is 4.74 Å². The Hall–Kier alpha value is -0.810. The minimum absolute atomic E-state index is 0.0551. The summed E-state index contributed by atoms with van der Waals surface area (Å²) in [6, 6.07) is 0. The molecule has 0 unspecified atom stereocenters. The molecule has 0 fully saturated rings. The van der Waals surface area contributed by atoms with Crippen molar-refractivity contribution in [3.63, 3.8) is 0 Å². The summed E-state index contributed by atoms with van der Waals surface area (Å²) in [5, 5.41) is 10.9. The van der Waals surface area contributed by atoms with Crippen LogP contribution in [-0.4, -0.2) is 56.5 Å². The van der Waals surface area contributed by atoms with Gasteiger partial charge in [-0.3, -0.25) is 0 Å². The van der Waals surface area contributed by atoms with Crippen molar-refractivity contribution < 1.29 is 14.6 Å². The summed E-state index contributed by atoms with van der Waals surface area (Å²) in [6.07, 6.45) is 0.425. The van der Waals surface area contributed by atoms with Crippen molar-refractivity contribution in [2.75, 3.05) is 40.4 Å². The van der Waals surface area contributed by atoms with Gasteiger partial charge in [-0.1, -0.05) is 0 Å². The van der Waals surface area contributed by atoms with Crippen LogP contribution in [0.3, 0.4) is 0 Å². The van der Waals surface area contributed by atoms with Crippen LogP contribution in [0.5, 0.6) is 0 Å². The third-order valence-electron chi connectivity index (χ3n) is 1.38. The molecule has 0 heterocycles. The van der Waals surface area contributed by atoms with Gasteiger partial charge in [0.1, 0.15) is 6.61 Å². The molecule has 0 aliphatic rings. The number of amides is 1. The van der Waals surface area contributed by atoms with Gasteiger partial charge in [0, 0.05) is 6.54 Å². The van der Waals surface area contributed by atoms with Gasteiger partial charge in [0.05, 0.1) is 6.61 Å². The summed E-state index contributed by atoms with van der Waals surface area (Å²) >= 11 is 0. The molecule has 0 atom stereocenters. The van der Waals surface area contributed by atoms with Crippen LogP contribution in [0.15, 0.2) is 0 Å². The average molecular weight is 190 g/mol. The molecule has 0 rings (SSSR count). The highest BCUT2D eigenvalue weighted by Crippen LogP contribution is 1.82. The standard InChI is InChI=1S/C8H18N2O3/c1-10(2)5-3-4-9-8(12)13-7-6-11/h11H,3-7H2,1-2H3,(H,9,12). The minimum Gasteiger partial charge on any atom is -0.447 e. The zero-order valence-corrected chi connectivity index (χ0v) is 8.25. The molecule has 0 saturated carbocycles. The van der Waals surface area contributed by atoms with E-state index in [9.17, 15) is 4.79 Å². The first-order chi connectivity index (χ1) is 6.16. The number of nitrogens with one attached hydrogen (secondary N) is 1. The number of aliphatic hydroxyl groups is 1. The van der Waals surface area contributed by atoms with E-state index in [1.807, 2.05) is 19.0 Å². The molecule has 0 radical (unpaired) electrons. The minimum atomic E-state index is -0.465. The summed E-state index contributed by atoms with van der Waals surface area (Å²) < 4.78 is 4.58. The largest absolute Gasteiger partial charge is 0.447 e. The number of carbonyl (C=O) groups is 1. The Bertz CT molecular complexity index is 139. The fraction of sp³-hybridized carbons (Fsp3) is 0.875. The third kappa shape index (κ3) is 9.10. The highest BCUT2D eigenvalue weighted by Gasteiger charge is 1.99. The van der Waals surface area contributed by atoms with Gasteiger partial charge in [0.2, 0.25) is 0 Å². The quantitative estimate of drug-likeness (QED) is 0.562. The van der Waals surface area contributed by atoms with Gasteiger partial charge in [-0.15, -0.1) is 0 Å². The van der Waals surface area contributed by atoms with Crippen LogP contribution in [0.1, 0.15) is 6.42 Å². The van der Waals surface area contributed by atoms with Crippen molar-refractivity contribution in [1.29, 1.82) is 0 Å². The number of rotatable bonds is 6. The molecule has 0 spiro atoms. The second-order valence-corrected chi connectivity index (χ2v) is 2.94. The maximum atomic E-state index is 10.8. The number of alkyl carbamates (subject to hydrolysis) is 1. The van der Waals surface area contributed by atoms with Gasteiger partial charge in [-0.2, -0.15) is 0 Å². The number of aliphatic hydroxyl groups excluding tert-OH is 1. The van der Waals surface area contributed by atoms with Crippen LogP contribution in [0.4, 0.5) is 4.79 Å². The van der Waals surface area contributed by atoms with Crippen LogP contribution >= 0.6 is 0 Å². The summed E-state index contributed by atoms with van der Waals surface area (Å²) in [5.41, 5.74) is 0. The predicted octanol–water partition coefficient (Wildman–Crippen LogP) is -0.343. The topological polar surface area (TPSA) is 61.8 Å². The van der Waals surface area contributed by atoms with E-state index in [1.54, 1.807) is 0 Å². The van der Waals surface area contributed by atoms with E-state index in [2.05, 4.69) is 10.1 Å². The Kier molecular flexibility index (Phi) is 7.33. The number of nitrogens with zero attached hydrogens (tertiary/aromatic N) is 1. The maximum absolute atomic E-state index is 10.8. The molecule has 0 aliphatic heterocycles. The van der Waals surface area contributed by atoms with Crippen LogP contribution in [0.25, 0.3) is 0 Å². The van der Waals surface area contributed by atoms with Gasteiger partial charge in [-0.25, -0.2) is 4.79 Å². The van der Waals surface area contributed by atoms with Gasteiger partial charge in [0.15, 0.2) is 0 Å². The Morgan fingerprint density at radius 3 is 2.77 bits per heavy atom. The summed E-state index contributed by atoms with van der Waals surface area (Å²) in [7, 11) is 3.95. The first-order valence-electron chi connectivity index (χ1n) is 4.33. The molecule has 78 valence electrons. The highest BCUT2D eigenvalue weighted by atomic mass is 16.6. The van der Waals surface area contributed by atoms with Crippen molar-refractivity contribution in [2.24, 2.45) is 0 Å². The van der Waals surface area contributed by atoms with E-state index in [-0.39, 0.29) is 13.2 Å². The van der Waals surface area contributed by atoms with Crippen molar-refractivity contribution in [3.8, 4) is 0 Å². The van der Waals surface area contributed by atoms with Crippen LogP contribution < -0.4 is 5.32 Å². The average Bonchev–Trinajstić information content (AvgIpc) is 2.08. The molecule has 5 heteroatoms. The predicted molar refractivity (Wildman–Crippen MR) is 49.6 cm³/mol. The first kappa shape index (κ1) is 12.2. The number of hydrogen-bond donors (Lipinski definition) is 2. The van der Waals surface area contributed by atoms with Gasteiger partial charge in [-0.05, 0) is 27.1 Å². The number of carbonyl (C=O) groups excluding carboxylic acids is 1. The molecule has 0 saturated heterocycles. The van der Waals surface area contributed by atoms with Crippen molar-refractivity contribution in [3.05, 3.63) is 0 Å². The normalized spacial score (nSPS) is 10.2. The zero-order chi connectivity index (χ0) is 10.1. The molecular weight excluding hydrogens is 172 g/mol. The lowest BCUT2D eigenvalue weighted by Gasteiger charge is -2.09. The van der Waals surface area contributed by atoms with Crippen LogP contribution in [0, 0.1) is 0 Å². The Morgan fingerprint density at radius 1 is 1.54 bits per heavy atom. The zero-order valence-electron chi connectivity index (χ0n) is 8.25. The van der Waals surface area contributed by atoms with Gasteiger partial charge < -0.3 is 20.1 Å². The highest BCUT2D eigenvalue weighted by molar-refractivity contribution is 5.66. The second-order valence-electron chi connectivity index (χ2n) is 2.94. The molecule has 0 aromatic carbocycles. The number of ether oxygens (including phenoxy) is 1. The van der Waals surface area contributed by atoms with E-state index in [0.29, 0.717) is 6.54 Å². The van der Waals surface area contributed by atoms with Crippen molar-refractivity contribution in [1.82, 2.24) is 10.2 Å². The van der Waals surface area contributed by atoms with Gasteiger partial charge >= 0.3 is 6.09 Å². The van der Waals surface area contributed by atoms with E-state index in [0.717, 1.165) is 13.0 Å². The molecule has 0 aromatic rings. The molecule has 0 aromatic heterocycles. The molecule has 2 N–H and O–H groups in total. The fourth-order valence-electron chi connectivity index (χ4n) is 0.775. The Balaban J connectivity index is 3.17. The lowest BCUT2D eigenvalue weighted by molar-refractivity contribution is 0.119. The summed E-state index contributed by atoms with van der Waals surface area (Å²) in [4.78, 5) is 12.8. The maximum Gasteiger partial charge on any atom is 0.407 e. The van der Waals surface area contributed by atoms with Crippen molar-refractivity contribution in [2.45, 2.75) is 6.42 Å². The van der Waals surface area contributed by atoms with E-state index >= 15 is 0 Å². The molecule has 13 heavy (non-hydrogen) atoms. The Morgan fingerprint density at radius 2 is 2.23 bits per heavy atom. The molecular formula is C8H18N2O3. The molecule has 0 bridgehead atoms. The van der Waals surface area contributed by atoms with E-state index in [1.165, 1.54) is 0 Å². The monoisotopic (exact) mass is 190 g/mol. The van der Waals surface area contributed by atoms with Gasteiger partial charge in [0.25, 0.3) is 0 Å². The lowest BCUT2D eigenvalue weighted by atomic mass is 10.4. The summed E-state index contributed by atoms with van der Waals surface area (Å²) in [6.45, 7) is 1.45. The lowest BCUT2D eigenvalue weighted by Crippen LogP contribution is -2.28. The number of hydrogen-bond acceptors (Lipinski definition) is 4. The SMILES string of the molecule is CN(C)CCCNC(=O)OCCO. The van der Waals surface area contributed by atoms with E-state index < -0.39 is 6.09 Å². The van der Waals surface area contributed by atoms with Crippen molar-refractivity contribution >= 4 is 6.09 Å². The summed E-state index contributed by atoms with van der Waals surface area (Å²) in [5.74, 6) is 0. The van der Waals surface area contributed by atoms with E-state index in [4.69, 9.17) is 5.11 Å². The first-order valence-corrected chi connectivity index (χ1v) is 4.33. The van der Waals surface area contributed by atoms with Crippen LogP contribution in [0.2, 0.25) is 0 Å². The Labute approximate surface area is 78.7 Å². The smallest absolute Gasteiger partial charge is 0.407 e. The second kappa shape index (κ2) is 7.82.